The zero-order chi connectivity index (χ0) is 39.8. The Bertz CT molecular complexity index is 2490. The number of thiophene rings is 2. The zero-order valence-corrected chi connectivity index (χ0v) is 33.4. The standard InChI is InChI=1S/C41H42N8O6S2/c1-22(2)32(46-40(52)54-3)38(50)48-16-8-12-30(48)36-42-19-29(45-36)26-21-57-34-25(20-56-35(26)34)24-14-15-27-28(18-24)44-37(43-27)31-13-9-17-49(31)39(51)33(47-41(53)55-4)23-10-6-5-7-11-23/h5-7,9-11,13-15,18-22,30-33H,8,12,16-17H2,1-4H3,(H,42,45)(H,43,44)(H,46,52)(H,47,53)/t30?,31?,32-,33+/m0/s1. The number of hydrogen-bond acceptors (Lipinski definition) is 10. The molecule has 1 saturated heterocycles. The van der Waals surface area contributed by atoms with Crippen LogP contribution in [0, 0.1) is 5.92 Å². The summed E-state index contributed by atoms with van der Waals surface area (Å²) in [5.74, 6) is 0.812. The molecule has 1 fully saturated rings. The number of likely N-dealkylation sites (tertiary alicyclic amines) is 1. The third-order valence-corrected chi connectivity index (χ3v) is 12.7. The lowest BCUT2D eigenvalue weighted by atomic mass is 10.0. The predicted molar refractivity (Wildman–Crippen MR) is 219 cm³/mol. The molecule has 4 amide bonds. The van der Waals surface area contributed by atoms with Crippen LogP contribution in [0.2, 0.25) is 0 Å². The largest absolute Gasteiger partial charge is 0.453 e. The average molecular weight is 807 g/mol. The molecule has 4 aromatic heterocycles. The second-order valence-corrected chi connectivity index (χ2v) is 16.1. The number of aromatic nitrogens is 4. The van der Waals surface area contributed by atoms with Crippen molar-refractivity contribution in [1.82, 2.24) is 40.4 Å². The Hall–Kier alpha value is -6.00. The molecule has 8 rings (SSSR count). The van der Waals surface area contributed by atoms with Crippen LogP contribution >= 0.6 is 22.7 Å². The number of methoxy groups -OCH3 is 2. The number of rotatable bonds is 10. The van der Waals surface area contributed by atoms with Crippen molar-refractivity contribution in [3.63, 3.8) is 0 Å². The van der Waals surface area contributed by atoms with Crippen LogP contribution in [0.3, 0.4) is 0 Å². The quantitative estimate of drug-likeness (QED) is 0.103. The van der Waals surface area contributed by atoms with Gasteiger partial charge in [0.2, 0.25) is 5.91 Å². The minimum atomic E-state index is -0.928. The SMILES string of the molecule is COC(=O)N[C@H](C(=O)N1CCCC1c1ncc(-c2csc3c(-c4ccc5nc(C6C=CCN6C(=O)[C@H](NC(=O)OC)c6ccccc6)[nH]c5c4)csc23)[nH]1)C(C)C. The maximum Gasteiger partial charge on any atom is 0.407 e. The number of benzene rings is 2. The average Bonchev–Trinajstić information content (AvgIpc) is 4.08. The molecule has 2 aliphatic rings. The molecule has 0 saturated carbocycles. The highest BCUT2D eigenvalue weighted by Crippen LogP contribution is 2.45. The van der Waals surface area contributed by atoms with E-state index in [1.807, 2.05) is 61.4 Å². The lowest BCUT2D eigenvalue weighted by molar-refractivity contribution is -0.135. The summed E-state index contributed by atoms with van der Waals surface area (Å²) < 4.78 is 11.9. The van der Waals surface area contributed by atoms with E-state index in [1.165, 1.54) is 14.2 Å². The van der Waals surface area contributed by atoms with Crippen molar-refractivity contribution < 1.29 is 28.7 Å². The number of alkyl carbamates (subject to hydrolysis) is 2. The fraction of sp³-hybridized carbons (Fsp3) is 0.317. The Morgan fingerprint density at radius 1 is 0.877 bits per heavy atom. The first-order chi connectivity index (χ1) is 27.6. The summed E-state index contributed by atoms with van der Waals surface area (Å²) in [6.45, 7) is 4.76. The summed E-state index contributed by atoms with van der Waals surface area (Å²) in [5.41, 5.74) is 6.33. The Morgan fingerprint density at radius 2 is 1.61 bits per heavy atom. The number of carbonyl (C=O) groups excluding carboxylic acids is 4. The van der Waals surface area contributed by atoms with E-state index in [4.69, 9.17) is 19.4 Å². The topological polar surface area (TPSA) is 175 Å². The van der Waals surface area contributed by atoms with Crippen molar-refractivity contribution in [2.75, 3.05) is 27.3 Å². The number of carbonyl (C=O) groups is 4. The first-order valence-electron chi connectivity index (χ1n) is 18.7. The molecule has 6 heterocycles. The van der Waals surface area contributed by atoms with Crippen LogP contribution < -0.4 is 10.6 Å². The molecule has 14 nitrogen and oxygen atoms in total. The second-order valence-electron chi connectivity index (χ2n) is 14.4. The van der Waals surface area contributed by atoms with Gasteiger partial charge in [-0.25, -0.2) is 19.6 Å². The number of ether oxygens (including phenoxy) is 2. The highest BCUT2D eigenvalue weighted by Gasteiger charge is 2.38. The second kappa shape index (κ2) is 15.9. The maximum absolute atomic E-state index is 14.0. The van der Waals surface area contributed by atoms with Crippen molar-refractivity contribution >= 4 is 67.1 Å². The molecule has 0 radical (unpaired) electrons. The lowest BCUT2D eigenvalue weighted by Crippen LogP contribution is -2.51. The molecule has 4 atom stereocenters. The third-order valence-electron chi connectivity index (χ3n) is 10.6. The number of imidazole rings is 2. The van der Waals surface area contributed by atoms with E-state index in [-0.39, 0.29) is 23.8 Å². The minimum Gasteiger partial charge on any atom is -0.453 e. The van der Waals surface area contributed by atoms with Gasteiger partial charge >= 0.3 is 12.2 Å². The molecule has 294 valence electrons. The summed E-state index contributed by atoms with van der Waals surface area (Å²) in [6.07, 6.45) is 6.00. The Morgan fingerprint density at radius 3 is 2.37 bits per heavy atom. The van der Waals surface area contributed by atoms with Gasteiger partial charge in [-0.2, -0.15) is 0 Å². The van der Waals surface area contributed by atoms with E-state index in [1.54, 1.807) is 39.7 Å². The van der Waals surface area contributed by atoms with E-state index in [9.17, 15) is 19.2 Å². The van der Waals surface area contributed by atoms with E-state index in [2.05, 4.69) is 43.5 Å². The van der Waals surface area contributed by atoms with Crippen molar-refractivity contribution in [2.45, 2.75) is 50.9 Å². The normalized spacial score (nSPS) is 17.7. The number of fused-ring (bicyclic) bond motifs is 2. The van der Waals surface area contributed by atoms with Gasteiger partial charge in [-0.15, -0.1) is 22.7 Å². The summed E-state index contributed by atoms with van der Waals surface area (Å²) in [7, 11) is 2.56. The van der Waals surface area contributed by atoms with Gasteiger partial charge in [0.1, 0.15) is 29.8 Å². The molecular formula is C41H42N8O6S2. The van der Waals surface area contributed by atoms with Crippen molar-refractivity contribution in [2.24, 2.45) is 5.92 Å². The van der Waals surface area contributed by atoms with Gasteiger partial charge in [-0.3, -0.25) is 9.59 Å². The van der Waals surface area contributed by atoms with Gasteiger partial charge in [-0.05, 0) is 42.0 Å². The molecular weight excluding hydrogens is 765 g/mol. The smallest absolute Gasteiger partial charge is 0.407 e. The number of nitrogens with zero attached hydrogens (tertiary/aromatic N) is 4. The maximum atomic E-state index is 14.0. The van der Waals surface area contributed by atoms with E-state index >= 15 is 0 Å². The Kier molecular flexibility index (Phi) is 10.5. The highest BCUT2D eigenvalue weighted by atomic mass is 32.1. The summed E-state index contributed by atoms with van der Waals surface area (Å²) >= 11 is 3.34. The van der Waals surface area contributed by atoms with Gasteiger partial charge in [0, 0.05) is 35.0 Å². The van der Waals surface area contributed by atoms with Crippen LogP contribution in [0.1, 0.15) is 62.0 Å². The molecule has 57 heavy (non-hydrogen) atoms. The molecule has 16 heteroatoms. The van der Waals surface area contributed by atoms with Crippen LogP contribution in [0.4, 0.5) is 9.59 Å². The molecule has 0 spiro atoms. The van der Waals surface area contributed by atoms with Gasteiger partial charge < -0.3 is 39.9 Å². The number of H-pyrrole nitrogens is 2. The van der Waals surface area contributed by atoms with Crippen LogP contribution in [-0.2, 0) is 19.1 Å². The number of hydrogen-bond donors (Lipinski definition) is 4. The molecule has 2 aliphatic heterocycles. The third kappa shape index (κ3) is 7.26. The Balaban J connectivity index is 1.02. The monoisotopic (exact) mass is 806 g/mol. The first-order valence-corrected chi connectivity index (χ1v) is 20.5. The summed E-state index contributed by atoms with van der Waals surface area (Å²) in [4.78, 5) is 72.0. The van der Waals surface area contributed by atoms with E-state index < -0.39 is 30.3 Å². The predicted octanol–water partition coefficient (Wildman–Crippen LogP) is 7.48. The Labute approximate surface area is 336 Å². The number of nitrogens with one attached hydrogen (secondary N) is 4. The molecule has 2 aromatic carbocycles. The first kappa shape index (κ1) is 37.9. The lowest BCUT2D eigenvalue weighted by Gasteiger charge is -2.30. The minimum absolute atomic E-state index is 0.116. The summed E-state index contributed by atoms with van der Waals surface area (Å²) in [5, 5.41) is 9.70. The fourth-order valence-corrected chi connectivity index (χ4v) is 10.1. The zero-order valence-electron chi connectivity index (χ0n) is 31.8. The molecule has 0 bridgehead atoms. The van der Waals surface area contributed by atoms with Gasteiger partial charge in [0.15, 0.2) is 0 Å². The molecule has 2 unspecified atom stereocenters. The number of aromatic amines is 2. The van der Waals surface area contributed by atoms with Gasteiger partial charge in [0.05, 0.1) is 52.6 Å². The van der Waals surface area contributed by atoms with Gasteiger partial charge in [0.25, 0.3) is 5.91 Å². The summed E-state index contributed by atoms with van der Waals surface area (Å²) in [6, 6.07) is 12.9. The van der Waals surface area contributed by atoms with E-state index in [0.717, 1.165) is 61.5 Å². The van der Waals surface area contributed by atoms with Crippen molar-refractivity contribution in [3.05, 3.63) is 94.9 Å². The number of amides is 4. The fourth-order valence-electron chi connectivity index (χ4n) is 7.64. The van der Waals surface area contributed by atoms with Crippen LogP contribution in [0.5, 0.6) is 0 Å². The van der Waals surface area contributed by atoms with Crippen molar-refractivity contribution in [3.8, 4) is 22.4 Å². The van der Waals surface area contributed by atoms with Crippen LogP contribution in [0.15, 0.2) is 77.6 Å². The molecule has 6 aromatic rings. The van der Waals surface area contributed by atoms with Crippen LogP contribution in [0.25, 0.3) is 42.8 Å². The van der Waals surface area contributed by atoms with Crippen molar-refractivity contribution in [1.29, 1.82) is 0 Å². The van der Waals surface area contributed by atoms with E-state index in [0.29, 0.717) is 24.5 Å². The molecule has 4 N–H and O–H groups in total. The highest BCUT2D eigenvalue weighted by molar-refractivity contribution is 7.27. The van der Waals surface area contributed by atoms with Crippen LogP contribution in [-0.4, -0.2) is 87.1 Å². The van der Waals surface area contributed by atoms with Gasteiger partial charge in [-0.1, -0.05) is 62.4 Å². The molecule has 0 aliphatic carbocycles.